The maximum Gasteiger partial charge on any atom is 0.307 e. The van der Waals surface area contributed by atoms with Gasteiger partial charge in [-0.2, -0.15) is 0 Å². The lowest BCUT2D eigenvalue weighted by Gasteiger charge is -2.18. The molecule has 0 saturated heterocycles. The van der Waals surface area contributed by atoms with Gasteiger partial charge in [0.1, 0.15) is 5.82 Å². The maximum atomic E-state index is 13.2. The molecule has 1 atom stereocenters. The van der Waals surface area contributed by atoms with Gasteiger partial charge >= 0.3 is 5.97 Å². The summed E-state index contributed by atoms with van der Waals surface area (Å²) in [5.74, 6) is -1.08. The number of rotatable bonds is 6. The molecular formula is C18H18FNO3. The van der Waals surface area contributed by atoms with E-state index in [9.17, 15) is 14.0 Å². The van der Waals surface area contributed by atoms with Crippen LogP contribution in [-0.4, -0.2) is 19.0 Å². The first-order chi connectivity index (χ1) is 11.1. The molecule has 1 amide bonds. The molecule has 0 spiro atoms. The van der Waals surface area contributed by atoms with Crippen molar-refractivity contribution >= 4 is 11.9 Å². The minimum Gasteiger partial charge on any atom is -0.469 e. The third-order valence-corrected chi connectivity index (χ3v) is 3.39. The highest BCUT2D eigenvalue weighted by Crippen LogP contribution is 2.17. The van der Waals surface area contributed by atoms with Crippen molar-refractivity contribution in [3.8, 4) is 0 Å². The largest absolute Gasteiger partial charge is 0.469 e. The molecule has 4 nitrogen and oxygen atoms in total. The minimum absolute atomic E-state index is 0.0371. The summed E-state index contributed by atoms with van der Waals surface area (Å²) in [5, 5.41) is 2.80. The van der Waals surface area contributed by atoms with Crippen LogP contribution in [0, 0.1) is 5.82 Å². The molecule has 0 heterocycles. The van der Waals surface area contributed by atoms with E-state index in [1.165, 1.54) is 19.2 Å². The second kappa shape index (κ2) is 8.08. The highest BCUT2D eigenvalue weighted by Gasteiger charge is 2.18. The normalized spacial score (nSPS) is 11.6. The molecular weight excluding hydrogens is 297 g/mol. The van der Waals surface area contributed by atoms with E-state index in [4.69, 9.17) is 0 Å². The van der Waals surface area contributed by atoms with Gasteiger partial charge in [-0.1, -0.05) is 42.5 Å². The van der Waals surface area contributed by atoms with Crippen LogP contribution in [0.25, 0.3) is 0 Å². The number of ether oxygens (including phenoxy) is 1. The Bertz CT molecular complexity index is 673. The molecule has 0 bridgehead atoms. The standard InChI is InChI=1S/C18H18FNO3/c1-23-18(22)12-16(14-7-3-2-4-8-14)20-17(21)11-13-6-5-9-15(19)10-13/h2-10,16H,11-12H2,1H3,(H,20,21)/t16-/m0/s1. The number of esters is 1. The Morgan fingerprint density at radius 2 is 1.87 bits per heavy atom. The number of methoxy groups -OCH3 is 1. The lowest BCUT2D eigenvalue weighted by atomic mass is 10.0. The van der Waals surface area contributed by atoms with Crippen LogP contribution in [0.2, 0.25) is 0 Å². The van der Waals surface area contributed by atoms with Gasteiger partial charge in [-0.3, -0.25) is 9.59 Å². The van der Waals surface area contributed by atoms with Crippen LogP contribution >= 0.6 is 0 Å². The van der Waals surface area contributed by atoms with Crippen LogP contribution in [0.4, 0.5) is 4.39 Å². The van der Waals surface area contributed by atoms with E-state index in [1.807, 2.05) is 30.3 Å². The molecule has 0 aliphatic heterocycles. The average molecular weight is 315 g/mol. The minimum atomic E-state index is -0.482. The van der Waals surface area contributed by atoms with Crippen molar-refractivity contribution in [2.24, 2.45) is 0 Å². The number of nitrogens with one attached hydrogen (secondary N) is 1. The van der Waals surface area contributed by atoms with E-state index in [1.54, 1.807) is 12.1 Å². The summed E-state index contributed by atoms with van der Waals surface area (Å²) in [6, 6.07) is 14.6. The van der Waals surface area contributed by atoms with E-state index >= 15 is 0 Å². The fraction of sp³-hybridized carbons (Fsp3) is 0.222. The molecule has 0 aliphatic rings. The maximum absolute atomic E-state index is 13.2. The van der Waals surface area contributed by atoms with Crippen molar-refractivity contribution in [3.05, 3.63) is 71.5 Å². The Hall–Kier alpha value is -2.69. The molecule has 120 valence electrons. The first kappa shape index (κ1) is 16.7. The van der Waals surface area contributed by atoms with E-state index in [0.717, 1.165) is 5.56 Å². The molecule has 2 aromatic carbocycles. The van der Waals surface area contributed by atoms with Gasteiger partial charge < -0.3 is 10.1 Å². The summed E-state index contributed by atoms with van der Waals surface area (Å²) < 4.78 is 17.8. The summed E-state index contributed by atoms with van der Waals surface area (Å²) in [5.41, 5.74) is 1.39. The highest BCUT2D eigenvalue weighted by molar-refractivity contribution is 5.80. The molecule has 0 saturated carbocycles. The van der Waals surface area contributed by atoms with Crippen LogP contribution in [-0.2, 0) is 20.7 Å². The van der Waals surface area contributed by atoms with Crippen molar-refractivity contribution in [3.63, 3.8) is 0 Å². The number of carbonyl (C=O) groups is 2. The average Bonchev–Trinajstić information content (AvgIpc) is 2.55. The lowest BCUT2D eigenvalue weighted by Crippen LogP contribution is -2.31. The van der Waals surface area contributed by atoms with Crippen LogP contribution in [0.1, 0.15) is 23.6 Å². The Kier molecular flexibility index (Phi) is 5.86. The van der Waals surface area contributed by atoms with Crippen molar-refractivity contribution in [1.29, 1.82) is 0 Å². The molecule has 0 aromatic heterocycles. The first-order valence-corrected chi connectivity index (χ1v) is 7.24. The van der Waals surface area contributed by atoms with E-state index < -0.39 is 12.0 Å². The Morgan fingerprint density at radius 3 is 2.52 bits per heavy atom. The number of halogens is 1. The van der Waals surface area contributed by atoms with Crippen molar-refractivity contribution < 1.29 is 18.7 Å². The highest BCUT2D eigenvalue weighted by atomic mass is 19.1. The topological polar surface area (TPSA) is 55.4 Å². The number of hydrogen-bond donors (Lipinski definition) is 1. The van der Waals surface area contributed by atoms with Crippen molar-refractivity contribution in [2.45, 2.75) is 18.9 Å². The summed E-state index contributed by atoms with van der Waals surface area (Å²) in [6.07, 6.45) is 0.0810. The smallest absolute Gasteiger partial charge is 0.307 e. The molecule has 2 aromatic rings. The molecule has 1 N–H and O–H groups in total. The number of hydrogen-bond acceptors (Lipinski definition) is 3. The van der Waals surface area contributed by atoms with Crippen molar-refractivity contribution in [1.82, 2.24) is 5.32 Å². The third kappa shape index (κ3) is 5.21. The van der Waals surface area contributed by atoms with Crippen molar-refractivity contribution in [2.75, 3.05) is 7.11 Å². The second-order valence-electron chi connectivity index (χ2n) is 5.12. The van der Waals surface area contributed by atoms with E-state index in [2.05, 4.69) is 10.1 Å². The van der Waals surface area contributed by atoms with Crippen LogP contribution in [0.5, 0.6) is 0 Å². The zero-order chi connectivity index (χ0) is 16.7. The lowest BCUT2D eigenvalue weighted by molar-refractivity contribution is -0.141. The van der Waals surface area contributed by atoms with E-state index in [-0.39, 0.29) is 24.6 Å². The first-order valence-electron chi connectivity index (χ1n) is 7.24. The predicted octanol–water partition coefficient (Wildman–Crippen LogP) is 2.79. The van der Waals surface area contributed by atoms with E-state index in [0.29, 0.717) is 5.56 Å². The number of carbonyl (C=O) groups excluding carboxylic acids is 2. The summed E-state index contributed by atoms with van der Waals surface area (Å²) in [7, 11) is 1.30. The van der Waals surface area contributed by atoms with Gasteiger partial charge in [-0.05, 0) is 23.3 Å². The van der Waals surface area contributed by atoms with Gasteiger partial charge in [-0.25, -0.2) is 4.39 Å². The van der Waals surface area contributed by atoms with Crippen LogP contribution in [0.15, 0.2) is 54.6 Å². The predicted molar refractivity (Wildman–Crippen MR) is 84.1 cm³/mol. The molecule has 5 heteroatoms. The quantitative estimate of drug-likeness (QED) is 0.834. The molecule has 0 aliphatic carbocycles. The monoisotopic (exact) mass is 315 g/mol. The summed E-state index contributed by atoms with van der Waals surface area (Å²) in [6.45, 7) is 0. The van der Waals surface area contributed by atoms with Gasteiger partial charge in [-0.15, -0.1) is 0 Å². The Morgan fingerprint density at radius 1 is 1.13 bits per heavy atom. The van der Waals surface area contributed by atoms with Gasteiger partial charge in [0.05, 0.1) is 26.0 Å². The zero-order valence-corrected chi connectivity index (χ0v) is 12.8. The summed E-state index contributed by atoms with van der Waals surface area (Å²) >= 11 is 0. The molecule has 23 heavy (non-hydrogen) atoms. The van der Waals surface area contributed by atoms with Gasteiger partial charge in [0.2, 0.25) is 5.91 Å². The Labute approximate surface area is 134 Å². The third-order valence-electron chi connectivity index (χ3n) is 3.39. The fourth-order valence-electron chi connectivity index (χ4n) is 2.27. The summed E-state index contributed by atoms with van der Waals surface area (Å²) in [4.78, 5) is 23.7. The van der Waals surface area contributed by atoms with Gasteiger partial charge in [0.15, 0.2) is 0 Å². The number of amides is 1. The van der Waals surface area contributed by atoms with Crippen LogP contribution < -0.4 is 5.32 Å². The zero-order valence-electron chi connectivity index (χ0n) is 12.8. The number of benzene rings is 2. The van der Waals surface area contributed by atoms with Gasteiger partial charge in [0, 0.05) is 0 Å². The SMILES string of the molecule is COC(=O)C[C@H](NC(=O)Cc1cccc(F)c1)c1ccccc1. The van der Waals surface area contributed by atoms with Crippen LogP contribution in [0.3, 0.4) is 0 Å². The molecule has 0 unspecified atom stereocenters. The second-order valence-corrected chi connectivity index (χ2v) is 5.12. The molecule has 2 rings (SSSR count). The Balaban J connectivity index is 2.07. The molecule has 0 radical (unpaired) electrons. The van der Waals surface area contributed by atoms with Gasteiger partial charge in [0.25, 0.3) is 0 Å². The molecule has 0 fully saturated rings. The fourth-order valence-corrected chi connectivity index (χ4v) is 2.27.